The summed E-state index contributed by atoms with van der Waals surface area (Å²) in [5, 5.41) is 45.3. The average molecular weight is 477 g/mol. The van der Waals surface area contributed by atoms with Crippen molar-refractivity contribution in [3.63, 3.8) is 0 Å². The topological polar surface area (TPSA) is 107 Å². The second-order valence-corrected chi connectivity index (χ2v) is 13.8. The van der Waals surface area contributed by atoms with Crippen LogP contribution in [0.15, 0.2) is 11.6 Å². The van der Waals surface area contributed by atoms with Gasteiger partial charge in [0.15, 0.2) is 5.78 Å². The van der Waals surface area contributed by atoms with Gasteiger partial charge < -0.3 is 25.2 Å². The van der Waals surface area contributed by atoms with E-state index in [1.807, 2.05) is 13.8 Å². The number of ether oxygens (including phenoxy) is 1. The molecule has 192 valence electrons. The monoisotopic (exact) mass is 476 g/mol. The van der Waals surface area contributed by atoms with E-state index in [4.69, 9.17) is 4.74 Å². The maximum absolute atomic E-state index is 13.6. The first-order chi connectivity index (χ1) is 15.5. The molecule has 6 heteroatoms. The van der Waals surface area contributed by atoms with E-state index in [0.717, 1.165) is 31.3 Å². The summed E-state index contributed by atoms with van der Waals surface area (Å²) in [7, 11) is 0. The van der Waals surface area contributed by atoms with E-state index in [9.17, 15) is 25.2 Å². The number of aliphatic hydroxyl groups is 4. The molecule has 34 heavy (non-hydrogen) atoms. The summed E-state index contributed by atoms with van der Waals surface area (Å²) in [6.07, 6.45) is 4.62. The number of ketones is 1. The van der Waals surface area contributed by atoms with Crippen molar-refractivity contribution in [2.45, 2.75) is 128 Å². The molecule has 4 N–H and O–H groups in total. The lowest BCUT2D eigenvalue weighted by Crippen LogP contribution is -2.65. The van der Waals surface area contributed by atoms with Crippen molar-refractivity contribution in [2.75, 3.05) is 0 Å². The lowest BCUT2D eigenvalue weighted by molar-refractivity contribution is -0.195. The van der Waals surface area contributed by atoms with Crippen LogP contribution in [0.5, 0.6) is 0 Å². The summed E-state index contributed by atoms with van der Waals surface area (Å²) < 4.78 is 6.28. The highest BCUT2D eigenvalue weighted by Crippen LogP contribution is 2.70. The quantitative estimate of drug-likeness (QED) is 0.487. The van der Waals surface area contributed by atoms with Crippen molar-refractivity contribution in [3.8, 4) is 0 Å². The molecule has 4 fully saturated rings. The number of carbonyl (C=O) groups excluding carboxylic acids is 1. The van der Waals surface area contributed by atoms with Crippen LogP contribution >= 0.6 is 0 Å². The Balaban J connectivity index is 1.53. The van der Waals surface area contributed by atoms with E-state index >= 15 is 0 Å². The molecule has 5 rings (SSSR count). The predicted molar refractivity (Wildman–Crippen MR) is 128 cm³/mol. The van der Waals surface area contributed by atoms with Gasteiger partial charge in [-0.05, 0) is 101 Å². The van der Waals surface area contributed by atoms with Gasteiger partial charge in [0.1, 0.15) is 0 Å². The van der Waals surface area contributed by atoms with Crippen molar-refractivity contribution < 1.29 is 30.0 Å². The molecule has 1 aliphatic heterocycles. The van der Waals surface area contributed by atoms with Crippen molar-refractivity contribution in [2.24, 2.45) is 28.1 Å². The SMILES string of the molecule is CC1(C)CC[C@H]([C@@](C)(O)[C@H]2CC[C@@]3(O)C4=CC(=O)[C@]5(C)C[C@@H](O)[C@@H](O)C[C@]5(C)[C@H]4CC[C@]23C)O1. The summed E-state index contributed by atoms with van der Waals surface area (Å²) in [6.45, 7) is 12.1. The summed E-state index contributed by atoms with van der Waals surface area (Å²) in [5.74, 6) is -0.248. The van der Waals surface area contributed by atoms with Gasteiger partial charge in [0, 0.05) is 10.8 Å². The Labute approximate surface area is 203 Å². The smallest absolute Gasteiger partial charge is 0.162 e. The Bertz CT molecular complexity index is 924. The van der Waals surface area contributed by atoms with Gasteiger partial charge in [0.05, 0.1) is 35.1 Å². The van der Waals surface area contributed by atoms with Crippen LogP contribution in [0.25, 0.3) is 0 Å². The zero-order valence-corrected chi connectivity index (χ0v) is 21.7. The van der Waals surface area contributed by atoms with Gasteiger partial charge in [0.25, 0.3) is 0 Å². The number of hydrogen-bond donors (Lipinski definition) is 4. The molecule has 0 spiro atoms. The molecule has 10 atom stereocenters. The van der Waals surface area contributed by atoms with Gasteiger partial charge in [-0.25, -0.2) is 0 Å². The Morgan fingerprint density at radius 3 is 2.21 bits per heavy atom. The number of hydrogen-bond acceptors (Lipinski definition) is 6. The number of fused-ring (bicyclic) bond motifs is 5. The summed E-state index contributed by atoms with van der Waals surface area (Å²) in [5.41, 5.74) is -3.61. The molecule has 0 aromatic carbocycles. The van der Waals surface area contributed by atoms with E-state index in [1.54, 1.807) is 6.08 Å². The maximum Gasteiger partial charge on any atom is 0.162 e. The molecular weight excluding hydrogens is 432 g/mol. The van der Waals surface area contributed by atoms with Crippen LogP contribution in [-0.4, -0.2) is 61.3 Å². The Kier molecular flexibility index (Phi) is 5.24. The van der Waals surface area contributed by atoms with Crippen LogP contribution < -0.4 is 0 Å². The summed E-state index contributed by atoms with van der Waals surface area (Å²) in [6, 6.07) is 0. The van der Waals surface area contributed by atoms with Crippen LogP contribution in [0, 0.1) is 28.1 Å². The summed E-state index contributed by atoms with van der Waals surface area (Å²) in [4.78, 5) is 13.6. The first-order valence-electron chi connectivity index (χ1n) is 13.3. The predicted octanol–water partition coefficient (Wildman–Crippen LogP) is 3.29. The number of rotatable bonds is 2. The highest BCUT2D eigenvalue weighted by Gasteiger charge is 2.71. The molecule has 5 aliphatic rings. The lowest BCUT2D eigenvalue weighted by Gasteiger charge is -2.63. The molecule has 1 heterocycles. The minimum absolute atomic E-state index is 0.0409. The van der Waals surface area contributed by atoms with E-state index in [2.05, 4.69) is 27.7 Å². The molecule has 0 aromatic heterocycles. The van der Waals surface area contributed by atoms with Crippen LogP contribution in [0.1, 0.15) is 92.9 Å². The van der Waals surface area contributed by atoms with Gasteiger partial charge in [-0.1, -0.05) is 20.8 Å². The Morgan fingerprint density at radius 1 is 0.941 bits per heavy atom. The third-order valence-corrected chi connectivity index (χ3v) is 11.7. The second kappa shape index (κ2) is 7.16. The largest absolute Gasteiger partial charge is 0.390 e. The molecule has 0 radical (unpaired) electrons. The highest BCUT2D eigenvalue weighted by atomic mass is 16.5. The zero-order valence-electron chi connectivity index (χ0n) is 21.7. The Hall–Kier alpha value is -0.790. The van der Waals surface area contributed by atoms with Gasteiger partial charge >= 0.3 is 0 Å². The molecule has 6 nitrogen and oxygen atoms in total. The molecule has 0 aromatic rings. The first-order valence-corrected chi connectivity index (χ1v) is 13.3. The maximum atomic E-state index is 13.6. The van der Waals surface area contributed by atoms with Crippen LogP contribution in [-0.2, 0) is 9.53 Å². The fourth-order valence-electron chi connectivity index (χ4n) is 9.22. The van der Waals surface area contributed by atoms with E-state index in [1.165, 1.54) is 0 Å². The van der Waals surface area contributed by atoms with Crippen molar-refractivity contribution in [1.29, 1.82) is 0 Å². The standard InChI is InChI=1S/C28H44O6/c1-23(2)10-9-22(34-23)27(6,32)20-8-12-28(33)17-13-21(31)26(5)15-19(30)18(29)14-25(26,4)16(17)7-11-24(20,28)3/h13,16,18-20,22,29-30,32-33H,7-12,14-15H2,1-6H3/t16-,18-,19+,20-,22+,24+,25+,26-,27-,28+/m0/s1. The number of allylic oxidation sites excluding steroid dienone is 1. The van der Waals surface area contributed by atoms with Gasteiger partial charge in [-0.2, -0.15) is 0 Å². The van der Waals surface area contributed by atoms with Crippen LogP contribution in [0.4, 0.5) is 0 Å². The third-order valence-electron chi connectivity index (χ3n) is 11.7. The van der Waals surface area contributed by atoms with E-state index in [-0.39, 0.29) is 35.7 Å². The zero-order chi connectivity index (χ0) is 25.1. The molecule has 1 saturated heterocycles. The van der Waals surface area contributed by atoms with Crippen LogP contribution in [0.3, 0.4) is 0 Å². The molecule has 0 amide bonds. The molecule has 3 saturated carbocycles. The Morgan fingerprint density at radius 2 is 1.59 bits per heavy atom. The molecule has 0 unspecified atom stereocenters. The van der Waals surface area contributed by atoms with Crippen LogP contribution in [0.2, 0.25) is 0 Å². The van der Waals surface area contributed by atoms with Crippen molar-refractivity contribution in [1.82, 2.24) is 0 Å². The van der Waals surface area contributed by atoms with Gasteiger partial charge in [0.2, 0.25) is 0 Å². The molecule has 0 bridgehead atoms. The minimum atomic E-state index is -1.18. The van der Waals surface area contributed by atoms with Gasteiger partial charge in [-0.15, -0.1) is 0 Å². The molecule has 4 aliphatic carbocycles. The number of aliphatic hydroxyl groups excluding tert-OH is 2. The molecular formula is C28H44O6. The third kappa shape index (κ3) is 2.95. The van der Waals surface area contributed by atoms with E-state index < -0.39 is 39.7 Å². The van der Waals surface area contributed by atoms with Gasteiger partial charge in [-0.3, -0.25) is 4.79 Å². The normalized spacial score (nSPS) is 54.0. The first kappa shape index (κ1) is 24.9. The lowest BCUT2D eigenvalue weighted by atomic mass is 9.41. The summed E-state index contributed by atoms with van der Waals surface area (Å²) >= 11 is 0. The second-order valence-electron chi connectivity index (χ2n) is 13.8. The fourth-order valence-corrected chi connectivity index (χ4v) is 9.22. The highest BCUT2D eigenvalue weighted by molar-refractivity contribution is 5.97. The number of carbonyl (C=O) groups is 1. The fraction of sp³-hybridized carbons (Fsp3) is 0.893. The van der Waals surface area contributed by atoms with E-state index in [0.29, 0.717) is 19.3 Å². The average Bonchev–Trinajstić information content (AvgIpc) is 3.23. The van der Waals surface area contributed by atoms with Crippen molar-refractivity contribution in [3.05, 3.63) is 11.6 Å². The minimum Gasteiger partial charge on any atom is -0.390 e. The van der Waals surface area contributed by atoms with Crippen molar-refractivity contribution >= 4 is 5.78 Å².